The van der Waals surface area contributed by atoms with E-state index in [0.29, 0.717) is 5.54 Å². The number of likely N-dealkylation sites (N-methyl/N-ethyl adjacent to an activating group) is 1. The minimum atomic E-state index is 0.384. The van der Waals surface area contributed by atoms with Crippen molar-refractivity contribution in [2.24, 2.45) is 5.73 Å². The summed E-state index contributed by atoms with van der Waals surface area (Å²) in [6, 6.07) is 0. The molecule has 1 aliphatic rings. The summed E-state index contributed by atoms with van der Waals surface area (Å²) >= 11 is 0. The third-order valence-corrected chi connectivity index (χ3v) is 2.95. The van der Waals surface area contributed by atoms with Crippen LogP contribution in [0.4, 0.5) is 0 Å². The highest BCUT2D eigenvalue weighted by molar-refractivity contribution is 4.97. The van der Waals surface area contributed by atoms with Crippen LogP contribution < -0.4 is 5.73 Å². The van der Waals surface area contributed by atoms with Crippen molar-refractivity contribution in [2.75, 3.05) is 20.1 Å². The standard InChI is InChI=1S/C8H18N2/c1-3-10(2)8(7-9)5-4-6-8/h3-7,9H2,1-2H3. The van der Waals surface area contributed by atoms with Crippen LogP contribution in [0.5, 0.6) is 0 Å². The zero-order valence-electron chi connectivity index (χ0n) is 7.06. The summed E-state index contributed by atoms with van der Waals surface area (Å²) in [5.41, 5.74) is 6.09. The van der Waals surface area contributed by atoms with Crippen LogP contribution in [0.3, 0.4) is 0 Å². The molecule has 1 aliphatic carbocycles. The summed E-state index contributed by atoms with van der Waals surface area (Å²) in [7, 11) is 2.17. The molecular weight excluding hydrogens is 124 g/mol. The van der Waals surface area contributed by atoms with Crippen LogP contribution in [0, 0.1) is 0 Å². The molecule has 0 aliphatic heterocycles. The predicted octanol–water partition coefficient (Wildman–Crippen LogP) is 0.819. The molecule has 60 valence electrons. The smallest absolute Gasteiger partial charge is 0.0328 e. The Morgan fingerprint density at radius 1 is 1.50 bits per heavy atom. The Hall–Kier alpha value is -0.0800. The summed E-state index contributed by atoms with van der Waals surface area (Å²) in [6.45, 7) is 4.14. The van der Waals surface area contributed by atoms with Gasteiger partial charge in [0.1, 0.15) is 0 Å². The van der Waals surface area contributed by atoms with Gasteiger partial charge in [0, 0.05) is 12.1 Å². The minimum Gasteiger partial charge on any atom is -0.329 e. The average molecular weight is 142 g/mol. The van der Waals surface area contributed by atoms with Crippen LogP contribution in [-0.4, -0.2) is 30.6 Å². The molecule has 2 heteroatoms. The van der Waals surface area contributed by atoms with Crippen LogP contribution in [0.2, 0.25) is 0 Å². The molecule has 0 bridgehead atoms. The maximum Gasteiger partial charge on any atom is 0.0328 e. The van der Waals surface area contributed by atoms with Crippen LogP contribution in [0.15, 0.2) is 0 Å². The molecule has 1 rings (SSSR count). The lowest BCUT2D eigenvalue weighted by Crippen LogP contribution is -2.56. The van der Waals surface area contributed by atoms with Gasteiger partial charge in [-0.25, -0.2) is 0 Å². The van der Waals surface area contributed by atoms with Gasteiger partial charge in [0.15, 0.2) is 0 Å². The predicted molar refractivity (Wildman–Crippen MR) is 43.9 cm³/mol. The van der Waals surface area contributed by atoms with E-state index in [4.69, 9.17) is 5.73 Å². The maximum atomic E-state index is 5.70. The first kappa shape index (κ1) is 8.02. The third kappa shape index (κ3) is 1.06. The topological polar surface area (TPSA) is 29.3 Å². The Bertz CT molecular complexity index is 102. The van der Waals surface area contributed by atoms with E-state index in [2.05, 4.69) is 18.9 Å². The highest BCUT2D eigenvalue weighted by Gasteiger charge is 2.38. The fraction of sp³-hybridized carbons (Fsp3) is 1.00. The van der Waals surface area contributed by atoms with E-state index < -0.39 is 0 Å². The first-order valence-electron chi connectivity index (χ1n) is 4.16. The van der Waals surface area contributed by atoms with Gasteiger partial charge in [0.25, 0.3) is 0 Å². The van der Waals surface area contributed by atoms with Gasteiger partial charge < -0.3 is 5.73 Å². The van der Waals surface area contributed by atoms with E-state index in [-0.39, 0.29) is 0 Å². The molecule has 10 heavy (non-hydrogen) atoms. The lowest BCUT2D eigenvalue weighted by molar-refractivity contribution is 0.0510. The summed E-state index contributed by atoms with van der Waals surface area (Å²) in [6.07, 6.45) is 3.96. The largest absolute Gasteiger partial charge is 0.329 e. The monoisotopic (exact) mass is 142 g/mol. The summed E-state index contributed by atoms with van der Waals surface area (Å²) in [5.74, 6) is 0. The molecule has 0 aromatic carbocycles. The van der Waals surface area contributed by atoms with Crippen molar-refractivity contribution in [3.63, 3.8) is 0 Å². The molecule has 2 nitrogen and oxygen atoms in total. The lowest BCUT2D eigenvalue weighted by Gasteiger charge is -2.47. The van der Waals surface area contributed by atoms with Crippen molar-refractivity contribution in [3.05, 3.63) is 0 Å². The highest BCUT2D eigenvalue weighted by Crippen LogP contribution is 2.35. The van der Waals surface area contributed by atoms with E-state index in [1.807, 2.05) is 0 Å². The number of nitrogens with two attached hydrogens (primary N) is 1. The van der Waals surface area contributed by atoms with E-state index >= 15 is 0 Å². The molecule has 2 N–H and O–H groups in total. The van der Waals surface area contributed by atoms with Crippen LogP contribution in [0.1, 0.15) is 26.2 Å². The molecule has 0 amide bonds. The van der Waals surface area contributed by atoms with Crippen molar-refractivity contribution in [1.82, 2.24) is 4.90 Å². The molecule has 0 aromatic rings. The number of rotatable bonds is 3. The highest BCUT2D eigenvalue weighted by atomic mass is 15.2. The van der Waals surface area contributed by atoms with E-state index in [1.54, 1.807) is 0 Å². The van der Waals surface area contributed by atoms with Crippen LogP contribution in [0.25, 0.3) is 0 Å². The second-order valence-corrected chi connectivity index (χ2v) is 3.30. The molecule has 0 unspecified atom stereocenters. The Morgan fingerprint density at radius 3 is 2.20 bits per heavy atom. The van der Waals surface area contributed by atoms with Gasteiger partial charge in [-0.05, 0) is 32.9 Å². The van der Waals surface area contributed by atoms with Gasteiger partial charge >= 0.3 is 0 Å². The SMILES string of the molecule is CCN(C)C1(CN)CCC1. The van der Waals surface area contributed by atoms with Crippen molar-refractivity contribution < 1.29 is 0 Å². The molecule has 0 heterocycles. The second-order valence-electron chi connectivity index (χ2n) is 3.30. The van der Waals surface area contributed by atoms with Crippen molar-refractivity contribution in [2.45, 2.75) is 31.7 Å². The molecular formula is C8H18N2. The Labute approximate surface area is 63.4 Å². The molecule has 0 radical (unpaired) electrons. The molecule has 0 spiro atoms. The Kier molecular flexibility index (Phi) is 2.32. The second kappa shape index (κ2) is 2.89. The molecule has 0 aromatic heterocycles. The lowest BCUT2D eigenvalue weighted by atomic mass is 9.75. The normalized spacial score (nSPS) is 22.8. The molecule has 1 saturated carbocycles. The van der Waals surface area contributed by atoms with E-state index in [0.717, 1.165) is 13.1 Å². The van der Waals surface area contributed by atoms with Crippen LogP contribution in [-0.2, 0) is 0 Å². The van der Waals surface area contributed by atoms with Gasteiger partial charge in [-0.2, -0.15) is 0 Å². The minimum absolute atomic E-state index is 0.384. The fourth-order valence-electron chi connectivity index (χ4n) is 1.66. The first-order valence-corrected chi connectivity index (χ1v) is 4.16. The average Bonchev–Trinajstić information content (AvgIpc) is 1.86. The first-order chi connectivity index (χ1) is 4.75. The van der Waals surface area contributed by atoms with E-state index in [9.17, 15) is 0 Å². The van der Waals surface area contributed by atoms with Gasteiger partial charge in [0.05, 0.1) is 0 Å². The number of hydrogen-bond donors (Lipinski definition) is 1. The Morgan fingerprint density at radius 2 is 2.10 bits per heavy atom. The molecule has 0 saturated heterocycles. The van der Waals surface area contributed by atoms with Crippen molar-refractivity contribution >= 4 is 0 Å². The van der Waals surface area contributed by atoms with Gasteiger partial charge in [0.2, 0.25) is 0 Å². The molecule has 1 fully saturated rings. The van der Waals surface area contributed by atoms with Crippen molar-refractivity contribution in [1.29, 1.82) is 0 Å². The summed E-state index contributed by atoms with van der Waals surface area (Å²) < 4.78 is 0. The summed E-state index contributed by atoms with van der Waals surface area (Å²) in [4.78, 5) is 2.39. The maximum absolute atomic E-state index is 5.70. The Balaban J connectivity index is 2.46. The van der Waals surface area contributed by atoms with Crippen LogP contribution >= 0.6 is 0 Å². The molecule has 0 atom stereocenters. The fourth-order valence-corrected chi connectivity index (χ4v) is 1.66. The number of hydrogen-bond acceptors (Lipinski definition) is 2. The zero-order valence-corrected chi connectivity index (χ0v) is 7.06. The van der Waals surface area contributed by atoms with Gasteiger partial charge in [-0.1, -0.05) is 6.92 Å². The van der Waals surface area contributed by atoms with Gasteiger partial charge in [-0.15, -0.1) is 0 Å². The third-order valence-electron chi connectivity index (χ3n) is 2.95. The zero-order chi connectivity index (χ0) is 7.61. The quantitative estimate of drug-likeness (QED) is 0.632. The summed E-state index contributed by atoms with van der Waals surface area (Å²) in [5, 5.41) is 0. The van der Waals surface area contributed by atoms with Gasteiger partial charge in [-0.3, -0.25) is 4.90 Å². The van der Waals surface area contributed by atoms with Crippen molar-refractivity contribution in [3.8, 4) is 0 Å². The van der Waals surface area contributed by atoms with E-state index in [1.165, 1.54) is 19.3 Å². The number of nitrogens with zero attached hydrogens (tertiary/aromatic N) is 1.